The largest absolute Gasteiger partial charge is 0.481 e. The number of carboxylic acids is 1. The van der Waals surface area contributed by atoms with Crippen molar-refractivity contribution < 1.29 is 9.90 Å². The number of para-hydroxylation sites is 2. The van der Waals surface area contributed by atoms with Gasteiger partial charge in [-0.2, -0.15) is 0 Å². The number of likely N-dealkylation sites (tertiary alicyclic amines) is 1. The molecule has 1 N–H and O–H groups in total. The van der Waals surface area contributed by atoms with Gasteiger partial charge >= 0.3 is 5.97 Å². The molecule has 24 heavy (non-hydrogen) atoms. The highest BCUT2D eigenvalue weighted by atomic mass is 16.4. The van der Waals surface area contributed by atoms with Crippen LogP contribution in [0, 0.1) is 11.3 Å². The number of aromatic nitrogens is 2. The molecule has 5 nitrogen and oxygen atoms in total. The van der Waals surface area contributed by atoms with E-state index in [9.17, 15) is 9.90 Å². The van der Waals surface area contributed by atoms with Crippen LogP contribution in [-0.4, -0.2) is 38.6 Å². The van der Waals surface area contributed by atoms with E-state index in [1.807, 2.05) is 6.07 Å². The fourth-order valence-electron chi connectivity index (χ4n) is 4.78. The Hall–Kier alpha value is -1.88. The van der Waals surface area contributed by atoms with E-state index in [1.165, 1.54) is 5.52 Å². The lowest BCUT2D eigenvalue weighted by Gasteiger charge is -2.23. The number of hydrogen-bond donors (Lipinski definition) is 1. The second-order valence-corrected chi connectivity index (χ2v) is 7.39. The van der Waals surface area contributed by atoms with Crippen LogP contribution in [0.5, 0.6) is 0 Å². The van der Waals surface area contributed by atoms with Gasteiger partial charge in [0.15, 0.2) is 0 Å². The summed E-state index contributed by atoms with van der Waals surface area (Å²) in [5.74, 6) is 0.770. The molecule has 1 aliphatic heterocycles. The molecule has 2 aromatic rings. The molecule has 2 atom stereocenters. The van der Waals surface area contributed by atoms with Crippen molar-refractivity contribution in [3.05, 3.63) is 30.1 Å². The molecular weight excluding hydrogens is 302 g/mol. The minimum Gasteiger partial charge on any atom is -0.481 e. The van der Waals surface area contributed by atoms with Crippen LogP contribution in [0.3, 0.4) is 0 Å². The van der Waals surface area contributed by atoms with Crippen molar-refractivity contribution in [2.24, 2.45) is 11.3 Å². The first kappa shape index (κ1) is 15.6. The van der Waals surface area contributed by atoms with Gasteiger partial charge in [0.1, 0.15) is 5.82 Å². The van der Waals surface area contributed by atoms with E-state index >= 15 is 0 Å². The average molecular weight is 327 g/mol. The molecule has 0 radical (unpaired) electrons. The Balaban J connectivity index is 1.61. The predicted molar refractivity (Wildman–Crippen MR) is 92.7 cm³/mol. The normalized spacial score (nSPS) is 27.0. The molecule has 1 aromatic heterocycles. The lowest BCUT2D eigenvalue weighted by Crippen LogP contribution is -2.35. The Morgan fingerprint density at radius 3 is 3.00 bits per heavy atom. The van der Waals surface area contributed by atoms with E-state index in [1.54, 1.807) is 0 Å². The Bertz CT molecular complexity index is 769. The lowest BCUT2D eigenvalue weighted by molar-refractivity contribution is -0.149. The van der Waals surface area contributed by atoms with Gasteiger partial charge in [-0.3, -0.25) is 9.69 Å². The third kappa shape index (κ3) is 2.34. The highest BCUT2D eigenvalue weighted by Crippen LogP contribution is 2.49. The number of fused-ring (bicyclic) bond motifs is 2. The highest BCUT2D eigenvalue weighted by Gasteiger charge is 2.54. The summed E-state index contributed by atoms with van der Waals surface area (Å²) in [6.45, 7) is 5.44. The summed E-state index contributed by atoms with van der Waals surface area (Å²) < 4.78 is 2.30. The first-order valence-corrected chi connectivity index (χ1v) is 9.04. The summed E-state index contributed by atoms with van der Waals surface area (Å²) in [6.07, 6.45) is 4.00. The molecule has 0 spiro atoms. The number of nitrogens with zero attached hydrogens (tertiary/aromatic N) is 3. The Kier molecular flexibility index (Phi) is 3.83. The second kappa shape index (κ2) is 5.88. The standard InChI is InChI=1S/C19H25N3O2/c1-2-10-22-16-8-4-3-7-15(16)20-17(22)12-21-11-14-6-5-9-19(14,13-21)18(23)24/h3-4,7-8,14H,2,5-6,9-13H2,1H3,(H,23,24)/t14-,19+/m0/s1. The molecule has 2 heterocycles. The summed E-state index contributed by atoms with van der Waals surface area (Å²) in [6, 6.07) is 8.26. The molecule has 2 fully saturated rings. The van der Waals surface area contributed by atoms with Crippen LogP contribution in [0.4, 0.5) is 0 Å². The van der Waals surface area contributed by atoms with Gasteiger partial charge in [-0.15, -0.1) is 0 Å². The SMILES string of the molecule is CCCn1c(CN2C[C@@H]3CCC[C@@]3(C(=O)O)C2)nc2ccccc21. The van der Waals surface area contributed by atoms with E-state index in [0.29, 0.717) is 12.5 Å². The molecule has 0 amide bonds. The molecule has 1 saturated carbocycles. The van der Waals surface area contributed by atoms with Crippen molar-refractivity contribution in [1.29, 1.82) is 0 Å². The fraction of sp³-hybridized carbons (Fsp3) is 0.579. The number of carboxylic acid groups (broad SMARTS) is 1. The average Bonchev–Trinajstić information content (AvgIpc) is 3.20. The minimum absolute atomic E-state index is 0.305. The zero-order valence-corrected chi connectivity index (χ0v) is 14.2. The van der Waals surface area contributed by atoms with Gasteiger partial charge in [-0.1, -0.05) is 25.5 Å². The molecule has 1 aromatic carbocycles. The van der Waals surface area contributed by atoms with Crippen molar-refractivity contribution >= 4 is 17.0 Å². The molecule has 128 valence electrons. The first-order valence-electron chi connectivity index (χ1n) is 9.04. The maximum Gasteiger partial charge on any atom is 0.311 e. The van der Waals surface area contributed by atoms with Crippen LogP contribution in [0.2, 0.25) is 0 Å². The monoisotopic (exact) mass is 327 g/mol. The zero-order chi connectivity index (χ0) is 16.7. The number of rotatable bonds is 5. The van der Waals surface area contributed by atoms with E-state index in [2.05, 4.69) is 34.6 Å². The van der Waals surface area contributed by atoms with Gasteiger partial charge < -0.3 is 9.67 Å². The molecule has 1 saturated heterocycles. The number of aliphatic carboxylic acids is 1. The van der Waals surface area contributed by atoms with E-state index in [-0.39, 0.29) is 0 Å². The summed E-state index contributed by atoms with van der Waals surface area (Å²) >= 11 is 0. The highest BCUT2D eigenvalue weighted by molar-refractivity contribution is 5.77. The number of aryl methyl sites for hydroxylation is 1. The van der Waals surface area contributed by atoms with Crippen molar-refractivity contribution in [2.45, 2.75) is 45.7 Å². The zero-order valence-electron chi connectivity index (χ0n) is 14.2. The molecule has 1 aliphatic carbocycles. The molecule has 2 aliphatic rings. The number of benzene rings is 1. The Labute approximate surface area is 142 Å². The van der Waals surface area contributed by atoms with E-state index in [0.717, 1.165) is 56.7 Å². The Morgan fingerprint density at radius 2 is 2.25 bits per heavy atom. The van der Waals surface area contributed by atoms with Crippen LogP contribution in [0.1, 0.15) is 38.4 Å². The van der Waals surface area contributed by atoms with Crippen molar-refractivity contribution in [3.8, 4) is 0 Å². The summed E-state index contributed by atoms with van der Waals surface area (Å²) in [5, 5.41) is 9.76. The van der Waals surface area contributed by atoms with Gasteiger partial charge in [0.25, 0.3) is 0 Å². The maximum absolute atomic E-state index is 11.9. The van der Waals surface area contributed by atoms with Crippen LogP contribution in [-0.2, 0) is 17.9 Å². The topological polar surface area (TPSA) is 58.4 Å². The summed E-state index contributed by atoms with van der Waals surface area (Å²) in [4.78, 5) is 19.0. The molecule has 4 rings (SSSR count). The van der Waals surface area contributed by atoms with Crippen molar-refractivity contribution in [1.82, 2.24) is 14.5 Å². The third-order valence-electron chi connectivity index (χ3n) is 5.91. The van der Waals surface area contributed by atoms with Gasteiger partial charge in [-0.05, 0) is 37.3 Å². The lowest BCUT2D eigenvalue weighted by atomic mass is 9.81. The van der Waals surface area contributed by atoms with Crippen LogP contribution in [0.25, 0.3) is 11.0 Å². The number of imidazole rings is 1. The van der Waals surface area contributed by atoms with E-state index < -0.39 is 11.4 Å². The predicted octanol–water partition coefficient (Wildman–Crippen LogP) is 3.13. The van der Waals surface area contributed by atoms with Gasteiger partial charge in [0.05, 0.1) is 23.0 Å². The number of hydrogen-bond acceptors (Lipinski definition) is 3. The minimum atomic E-state index is -0.602. The van der Waals surface area contributed by atoms with Gasteiger partial charge in [0, 0.05) is 19.6 Å². The molecular formula is C19H25N3O2. The quantitative estimate of drug-likeness (QED) is 0.916. The third-order valence-corrected chi connectivity index (χ3v) is 5.91. The molecule has 0 unspecified atom stereocenters. The summed E-state index contributed by atoms with van der Waals surface area (Å²) in [7, 11) is 0. The maximum atomic E-state index is 11.9. The van der Waals surface area contributed by atoms with Crippen LogP contribution in [0.15, 0.2) is 24.3 Å². The Morgan fingerprint density at radius 1 is 1.42 bits per heavy atom. The van der Waals surface area contributed by atoms with Crippen LogP contribution >= 0.6 is 0 Å². The van der Waals surface area contributed by atoms with E-state index in [4.69, 9.17) is 4.98 Å². The fourth-order valence-corrected chi connectivity index (χ4v) is 4.78. The molecule has 0 bridgehead atoms. The molecule has 5 heteroatoms. The summed E-state index contributed by atoms with van der Waals surface area (Å²) in [5.41, 5.74) is 1.71. The van der Waals surface area contributed by atoms with Crippen LogP contribution < -0.4 is 0 Å². The second-order valence-electron chi connectivity index (χ2n) is 7.39. The van der Waals surface area contributed by atoms with Gasteiger partial charge in [0.2, 0.25) is 0 Å². The smallest absolute Gasteiger partial charge is 0.311 e. The van der Waals surface area contributed by atoms with Crippen molar-refractivity contribution in [2.75, 3.05) is 13.1 Å². The number of carbonyl (C=O) groups is 1. The first-order chi connectivity index (χ1) is 11.6. The van der Waals surface area contributed by atoms with Crippen molar-refractivity contribution in [3.63, 3.8) is 0 Å². The van der Waals surface area contributed by atoms with Gasteiger partial charge in [-0.25, -0.2) is 4.98 Å².